The lowest BCUT2D eigenvalue weighted by atomic mass is 9.95. The number of thiophene rings is 1. The number of halogens is 1. The number of rotatable bonds is 5. The Hall–Kier alpha value is -1.63. The molecule has 0 bridgehead atoms. The van der Waals surface area contributed by atoms with Gasteiger partial charge in [0, 0.05) is 34.1 Å². The monoisotopic (exact) mass is 405 g/mol. The summed E-state index contributed by atoms with van der Waals surface area (Å²) in [5.41, 5.74) is 0. The van der Waals surface area contributed by atoms with Gasteiger partial charge in [-0.25, -0.2) is 0 Å². The number of nitrogens with zero attached hydrogens (tertiary/aromatic N) is 1. The molecular weight excluding hydrogens is 382 g/mol. The number of fused-ring (bicyclic) bond motifs is 2. The molecule has 27 heavy (non-hydrogen) atoms. The third kappa shape index (κ3) is 3.35. The van der Waals surface area contributed by atoms with E-state index >= 15 is 0 Å². The lowest BCUT2D eigenvalue weighted by Crippen LogP contribution is -2.62. The maximum absolute atomic E-state index is 12.8. The topological polar surface area (TPSA) is 61.4 Å². The highest BCUT2D eigenvalue weighted by Gasteiger charge is 2.47. The number of carbonyl (C=O) groups excluding carboxylic acids is 2. The zero-order valence-electron chi connectivity index (χ0n) is 15.5. The first-order chi connectivity index (χ1) is 13.0. The van der Waals surface area contributed by atoms with Gasteiger partial charge in [0.1, 0.15) is 12.1 Å². The van der Waals surface area contributed by atoms with Gasteiger partial charge in [-0.1, -0.05) is 50.1 Å². The van der Waals surface area contributed by atoms with E-state index in [0.717, 1.165) is 21.7 Å². The number of benzene rings is 1. The van der Waals surface area contributed by atoms with Crippen molar-refractivity contribution in [2.75, 3.05) is 6.54 Å². The van der Waals surface area contributed by atoms with Crippen molar-refractivity contribution < 1.29 is 9.59 Å². The van der Waals surface area contributed by atoms with Crippen molar-refractivity contribution in [3.63, 3.8) is 0 Å². The molecule has 0 aliphatic carbocycles. The number of amides is 2. The van der Waals surface area contributed by atoms with Gasteiger partial charge in [0.15, 0.2) is 0 Å². The zero-order chi connectivity index (χ0) is 19.1. The standard InChI is InChI=1S/C20H24ClN3O2S/c1-3-11(2)18-20(26)24-10-12(8-14(24)19(25)23-18)22-9-16-17(21)13-6-4-5-7-15(13)27-16/h4-7,11-12,14,18,22H,3,8-10H2,1-2H3,(H,23,25)/t11-,12-,14-,18-/m0/s1. The van der Waals surface area contributed by atoms with Crippen LogP contribution in [0.25, 0.3) is 10.1 Å². The minimum absolute atomic E-state index is 0.0240. The zero-order valence-corrected chi connectivity index (χ0v) is 17.1. The lowest BCUT2D eigenvalue weighted by molar-refractivity contribution is -0.148. The average Bonchev–Trinajstić information content (AvgIpc) is 3.25. The second-order valence-electron chi connectivity index (χ2n) is 7.53. The van der Waals surface area contributed by atoms with Crippen LogP contribution >= 0.6 is 22.9 Å². The number of hydrogen-bond donors (Lipinski definition) is 2. The van der Waals surface area contributed by atoms with E-state index < -0.39 is 6.04 Å². The van der Waals surface area contributed by atoms with Crippen LogP contribution in [0.15, 0.2) is 24.3 Å². The maximum Gasteiger partial charge on any atom is 0.246 e. The van der Waals surface area contributed by atoms with Crippen LogP contribution in [0.3, 0.4) is 0 Å². The lowest BCUT2D eigenvalue weighted by Gasteiger charge is -2.36. The van der Waals surface area contributed by atoms with Crippen LogP contribution in [0, 0.1) is 5.92 Å². The highest BCUT2D eigenvalue weighted by atomic mass is 35.5. The highest BCUT2D eigenvalue weighted by Crippen LogP contribution is 2.35. The van der Waals surface area contributed by atoms with Crippen molar-refractivity contribution in [3.8, 4) is 0 Å². The molecule has 1 aromatic heterocycles. The predicted octanol–water partition coefficient (Wildman–Crippen LogP) is 3.16. The van der Waals surface area contributed by atoms with Crippen molar-refractivity contribution >= 4 is 44.8 Å². The van der Waals surface area contributed by atoms with Crippen LogP contribution < -0.4 is 10.6 Å². The molecule has 0 radical (unpaired) electrons. The van der Waals surface area contributed by atoms with Gasteiger partial charge in [-0.3, -0.25) is 9.59 Å². The van der Waals surface area contributed by atoms with Crippen LogP contribution in [0.1, 0.15) is 31.6 Å². The molecule has 7 heteroatoms. The molecule has 0 unspecified atom stereocenters. The van der Waals surface area contributed by atoms with Crippen LogP contribution in [0.2, 0.25) is 5.02 Å². The molecule has 2 amide bonds. The molecule has 2 aliphatic heterocycles. The van der Waals surface area contributed by atoms with Gasteiger partial charge < -0.3 is 15.5 Å². The van der Waals surface area contributed by atoms with E-state index in [0.29, 0.717) is 19.5 Å². The summed E-state index contributed by atoms with van der Waals surface area (Å²) in [6.07, 6.45) is 1.51. The first-order valence-electron chi connectivity index (χ1n) is 9.49. The Bertz CT molecular complexity index is 883. The second kappa shape index (κ2) is 7.41. The summed E-state index contributed by atoms with van der Waals surface area (Å²) < 4.78 is 1.18. The fraction of sp³-hybridized carbons (Fsp3) is 0.500. The largest absolute Gasteiger partial charge is 0.342 e. The minimum Gasteiger partial charge on any atom is -0.342 e. The average molecular weight is 406 g/mol. The van der Waals surface area contributed by atoms with Gasteiger partial charge in [-0.05, 0) is 18.4 Å². The first kappa shape index (κ1) is 18.7. The molecule has 1 aromatic carbocycles. The van der Waals surface area contributed by atoms with Gasteiger partial charge in [0.2, 0.25) is 11.8 Å². The minimum atomic E-state index is -0.394. The molecule has 2 aliphatic rings. The van der Waals surface area contributed by atoms with E-state index in [1.807, 2.05) is 32.0 Å². The Morgan fingerprint density at radius 1 is 1.37 bits per heavy atom. The highest BCUT2D eigenvalue weighted by molar-refractivity contribution is 7.19. The first-order valence-corrected chi connectivity index (χ1v) is 10.7. The van der Waals surface area contributed by atoms with E-state index in [2.05, 4.69) is 16.7 Å². The van der Waals surface area contributed by atoms with Crippen molar-refractivity contribution in [2.24, 2.45) is 5.92 Å². The van der Waals surface area contributed by atoms with Crippen molar-refractivity contribution in [3.05, 3.63) is 34.2 Å². The number of piperazine rings is 1. The van der Waals surface area contributed by atoms with Crippen molar-refractivity contribution in [1.29, 1.82) is 0 Å². The van der Waals surface area contributed by atoms with Gasteiger partial charge in [-0.2, -0.15) is 0 Å². The third-order valence-corrected chi connectivity index (χ3v) is 7.53. The van der Waals surface area contributed by atoms with Crippen LogP contribution in [-0.4, -0.2) is 41.4 Å². The number of hydrogen-bond acceptors (Lipinski definition) is 4. The molecule has 4 atom stereocenters. The molecule has 3 heterocycles. The molecule has 2 fully saturated rings. The number of nitrogens with one attached hydrogen (secondary N) is 2. The molecule has 2 saturated heterocycles. The maximum atomic E-state index is 12.8. The fourth-order valence-corrected chi connectivity index (χ4v) is 5.45. The molecular formula is C20H24ClN3O2S. The van der Waals surface area contributed by atoms with Gasteiger partial charge in [0.25, 0.3) is 0 Å². The van der Waals surface area contributed by atoms with E-state index in [9.17, 15) is 9.59 Å². The summed E-state index contributed by atoms with van der Waals surface area (Å²) in [5.74, 6) is 0.175. The van der Waals surface area contributed by atoms with Crippen LogP contribution in [-0.2, 0) is 16.1 Å². The molecule has 5 nitrogen and oxygen atoms in total. The predicted molar refractivity (Wildman–Crippen MR) is 109 cm³/mol. The third-order valence-electron chi connectivity index (χ3n) is 5.82. The Morgan fingerprint density at radius 3 is 2.89 bits per heavy atom. The van der Waals surface area contributed by atoms with Crippen LogP contribution in [0.4, 0.5) is 0 Å². The second-order valence-corrected chi connectivity index (χ2v) is 9.04. The summed E-state index contributed by atoms with van der Waals surface area (Å²) in [7, 11) is 0. The SMILES string of the molecule is CC[C@H](C)[C@@H]1NC(=O)[C@@H]2C[C@H](NCc3sc4ccccc4c3Cl)CN2C1=O. The Morgan fingerprint density at radius 2 is 2.15 bits per heavy atom. The van der Waals surface area contributed by atoms with Crippen LogP contribution in [0.5, 0.6) is 0 Å². The molecule has 0 spiro atoms. The van der Waals surface area contributed by atoms with E-state index in [4.69, 9.17) is 11.6 Å². The molecule has 2 aromatic rings. The Kier molecular flexibility index (Phi) is 5.14. The summed E-state index contributed by atoms with van der Waals surface area (Å²) in [4.78, 5) is 28.2. The van der Waals surface area contributed by atoms with Gasteiger partial charge in [0.05, 0.1) is 5.02 Å². The normalized spacial score (nSPS) is 26.3. The van der Waals surface area contributed by atoms with E-state index in [1.165, 1.54) is 4.70 Å². The quantitative estimate of drug-likeness (QED) is 0.803. The summed E-state index contributed by atoms with van der Waals surface area (Å²) >= 11 is 8.21. The Labute approximate surface area is 168 Å². The fourth-order valence-electron chi connectivity index (χ4n) is 4.00. The smallest absolute Gasteiger partial charge is 0.246 e. The van der Waals surface area contributed by atoms with Crippen molar-refractivity contribution in [1.82, 2.24) is 15.5 Å². The Balaban J connectivity index is 1.44. The summed E-state index contributed by atoms with van der Waals surface area (Å²) in [5, 5.41) is 8.31. The number of carbonyl (C=O) groups is 2. The molecule has 144 valence electrons. The summed E-state index contributed by atoms with van der Waals surface area (Å²) in [6, 6.07) is 7.46. The molecule has 0 saturated carbocycles. The van der Waals surface area contributed by atoms with Crippen molar-refractivity contribution in [2.45, 2.75) is 51.4 Å². The van der Waals surface area contributed by atoms with Gasteiger partial charge >= 0.3 is 0 Å². The van der Waals surface area contributed by atoms with E-state index in [1.54, 1.807) is 16.2 Å². The van der Waals surface area contributed by atoms with Gasteiger partial charge in [-0.15, -0.1) is 11.3 Å². The summed E-state index contributed by atoms with van der Waals surface area (Å²) in [6.45, 7) is 5.28. The molecule has 4 rings (SSSR count). The van der Waals surface area contributed by atoms with E-state index in [-0.39, 0.29) is 29.8 Å². The molecule has 2 N–H and O–H groups in total.